The van der Waals surface area contributed by atoms with Gasteiger partial charge in [0.25, 0.3) is 0 Å². The van der Waals surface area contributed by atoms with Gasteiger partial charge < -0.3 is 10.5 Å². The molecule has 0 atom stereocenters. The van der Waals surface area contributed by atoms with E-state index in [0.29, 0.717) is 28.5 Å². The Morgan fingerprint density at radius 1 is 1.05 bits per heavy atom. The molecule has 2 aromatic carbocycles. The summed E-state index contributed by atoms with van der Waals surface area (Å²) in [5, 5.41) is 0. The second kappa shape index (κ2) is 5.96. The molecule has 0 bridgehead atoms. The van der Waals surface area contributed by atoms with Crippen molar-refractivity contribution >= 4 is 15.5 Å². The number of hydrogen-bond donors (Lipinski definition) is 1. The van der Waals surface area contributed by atoms with Crippen LogP contribution in [-0.4, -0.2) is 14.2 Å². The third-order valence-corrected chi connectivity index (χ3v) is 4.69. The second-order valence-corrected chi connectivity index (χ2v) is 6.57. The number of ether oxygens (including phenoxy) is 1. The molecule has 5 heteroatoms. The largest absolute Gasteiger partial charge is 0.457 e. The molecule has 0 unspecified atom stereocenters. The van der Waals surface area contributed by atoms with E-state index >= 15 is 0 Å². The fourth-order valence-electron chi connectivity index (χ4n) is 1.82. The molecule has 0 aliphatic rings. The lowest BCUT2D eigenvalue weighted by atomic mass is 10.3. The average molecular weight is 291 g/mol. The van der Waals surface area contributed by atoms with E-state index in [9.17, 15) is 8.42 Å². The first-order chi connectivity index (χ1) is 9.51. The molecule has 2 N–H and O–H groups in total. The second-order valence-electron chi connectivity index (χ2n) is 4.46. The van der Waals surface area contributed by atoms with Crippen LogP contribution in [0, 0.1) is 0 Å². The molecule has 0 aliphatic carbocycles. The number of nitrogens with two attached hydrogens (primary N) is 1. The molecular formula is C15H17NO3S. The van der Waals surface area contributed by atoms with Gasteiger partial charge in [0.05, 0.1) is 10.6 Å². The van der Waals surface area contributed by atoms with Gasteiger partial charge in [-0.15, -0.1) is 0 Å². The summed E-state index contributed by atoms with van der Waals surface area (Å²) in [6.07, 6.45) is 0.601. The summed E-state index contributed by atoms with van der Waals surface area (Å²) in [6, 6.07) is 13.5. The first kappa shape index (κ1) is 14.4. The lowest BCUT2D eigenvalue weighted by molar-refractivity contribution is 0.482. The maximum atomic E-state index is 11.9. The monoisotopic (exact) mass is 291 g/mol. The predicted octanol–water partition coefficient (Wildman–Crippen LogP) is 3.24. The van der Waals surface area contributed by atoms with Crippen LogP contribution in [0.25, 0.3) is 0 Å². The SMILES string of the molecule is CCCS(=O)(=O)c1ccc(Oc2cccc(N)c2)cc1. The Hall–Kier alpha value is -2.01. The molecule has 0 spiro atoms. The summed E-state index contributed by atoms with van der Waals surface area (Å²) < 4.78 is 29.4. The lowest BCUT2D eigenvalue weighted by Crippen LogP contribution is -2.05. The number of nitrogen functional groups attached to an aromatic ring is 1. The van der Waals surface area contributed by atoms with Crippen LogP contribution in [-0.2, 0) is 9.84 Å². The molecule has 0 aromatic heterocycles. The highest BCUT2D eigenvalue weighted by Crippen LogP contribution is 2.24. The Balaban J connectivity index is 2.17. The van der Waals surface area contributed by atoms with E-state index in [2.05, 4.69) is 0 Å². The predicted molar refractivity (Wildman–Crippen MR) is 79.7 cm³/mol. The number of hydrogen-bond acceptors (Lipinski definition) is 4. The minimum absolute atomic E-state index is 0.155. The van der Waals surface area contributed by atoms with E-state index in [-0.39, 0.29) is 5.75 Å². The van der Waals surface area contributed by atoms with Gasteiger partial charge in [-0.2, -0.15) is 0 Å². The molecule has 0 heterocycles. The third kappa shape index (κ3) is 3.51. The Bertz CT molecular complexity index is 679. The average Bonchev–Trinajstić information content (AvgIpc) is 2.39. The molecule has 0 radical (unpaired) electrons. The molecule has 0 saturated carbocycles. The normalized spacial score (nSPS) is 11.2. The smallest absolute Gasteiger partial charge is 0.178 e. The van der Waals surface area contributed by atoms with Crippen molar-refractivity contribution in [2.45, 2.75) is 18.2 Å². The summed E-state index contributed by atoms with van der Waals surface area (Å²) in [7, 11) is -3.18. The van der Waals surface area contributed by atoms with Crippen LogP contribution >= 0.6 is 0 Å². The van der Waals surface area contributed by atoms with Gasteiger partial charge >= 0.3 is 0 Å². The topological polar surface area (TPSA) is 69.4 Å². The molecule has 4 nitrogen and oxygen atoms in total. The van der Waals surface area contributed by atoms with Gasteiger partial charge in [0.1, 0.15) is 11.5 Å². The van der Waals surface area contributed by atoms with Crippen LogP contribution in [0.5, 0.6) is 11.5 Å². The van der Waals surface area contributed by atoms with Gasteiger partial charge in [-0.05, 0) is 42.8 Å². The van der Waals surface area contributed by atoms with E-state index < -0.39 is 9.84 Å². The highest BCUT2D eigenvalue weighted by atomic mass is 32.2. The van der Waals surface area contributed by atoms with Crippen molar-refractivity contribution in [2.75, 3.05) is 11.5 Å². The van der Waals surface area contributed by atoms with E-state index in [0.717, 1.165) is 0 Å². The van der Waals surface area contributed by atoms with Gasteiger partial charge in [-0.25, -0.2) is 8.42 Å². The standard InChI is InChI=1S/C15H17NO3S/c1-2-10-20(17,18)15-8-6-13(7-9-15)19-14-5-3-4-12(16)11-14/h3-9,11H,2,10,16H2,1H3. The zero-order valence-electron chi connectivity index (χ0n) is 11.2. The summed E-state index contributed by atoms with van der Waals surface area (Å²) >= 11 is 0. The van der Waals surface area contributed by atoms with Crippen molar-refractivity contribution in [3.63, 3.8) is 0 Å². The Morgan fingerprint density at radius 2 is 1.75 bits per heavy atom. The third-order valence-electron chi connectivity index (χ3n) is 2.75. The van der Waals surface area contributed by atoms with Gasteiger partial charge in [-0.3, -0.25) is 0 Å². The Kier molecular flexibility index (Phi) is 4.29. The van der Waals surface area contributed by atoms with Crippen LogP contribution in [0.4, 0.5) is 5.69 Å². The van der Waals surface area contributed by atoms with Gasteiger partial charge in [0.2, 0.25) is 0 Å². The lowest BCUT2D eigenvalue weighted by Gasteiger charge is -2.07. The number of benzene rings is 2. The molecule has 0 fully saturated rings. The zero-order chi connectivity index (χ0) is 14.6. The minimum atomic E-state index is -3.18. The zero-order valence-corrected chi connectivity index (χ0v) is 12.1. The first-order valence-corrected chi connectivity index (χ1v) is 8.03. The van der Waals surface area contributed by atoms with E-state index in [4.69, 9.17) is 10.5 Å². The first-order valence-electron chi connectivity index (χ1n) is 6.37. The van der Waals surface area contributed by atoms with Crippen LogP contribution in [0.1, 0.15) is 13.3 Å². The molecule has 20 heavy (non-hydrogen) atoms. The van der Waals surface area contributed by atoms with Crippen LogP contribution in [0.2, 0.25) is 0 Å². The van der Waals surface area contributed by atoms with Gasteiger partial charge in [0.15, 0.2) is 9.84 Å². The van der Waals surface area contributed by atoms with Crippen molar-refractivity contribution in [1.82, 2.24) is 0 Å². The summed E-state index contributed by atoms with van der Waals surface area (Å²) in [5.41, 5.74) is 6.28. The van der Waals surface area contributed by atoms with Crippen LogP contribution < -0.4 is 10.5 Å². The van der Waals surface area contributed by atoms with Crippen LogP contribution in [0.15, 0.2) is 53.4 Å². The highest BCUT2D eigenvalue weighted by molar-refractivity contribution is 7.91. The maximum Gasteiger partial charge on any atom is 0.178 e. The fourth-order valence-corrected chi connectivity index (χ4v) is 3.14. The van der Waals surface area contributed by atoms with Crippen molar-refractivity contribution in [1.29, 1.82) is 0 Å². The molecule has 106 valence electrons. The number of sulfone groups is 1. The molecule has 2 rings (SSSR count). The number of rotatable bonds is 5. The van der Waals surface area contributed by atoms with E-state index in [1.807, 2.05) is 6.92 Å². The van der Waals surface area contributed by atoms with Crippen molar-refractivity contribution < 1.29 is 13.2 Å². The summed E-state index contributed by atoms with van der Waals surface area (Å²) in [4.78, 5) is 0.319. The van der Waals surface area contributed by atoms with E-state index in [1.165, 1.54) is 0 Å². The Morgan fingerprint density at radius 3 is 2.35 bits per heavy atom. The highest BCUT2D eigenvalue weighted by Gasteiger charge is 2.12. The molecule has 0 amide bonds. The van der Waals surface area contributed by atoms with Crippen molar-refractivity contribution in [2.24, 2.45) is 0 Å². The fraction of sp³-hybridized carbons (Fsp3) is 0.200. The van der Waals surface area contributed by atoms with Gasteiger partial charge in [-0.1, -0.05) is 13.0 Å². The molecule has 2 aromatic rings. The molecular weight excluding hydrogens is 274 g/mol. The van der Waals surface area contributed by atoms with Crippen molar-refractivity contribution in [3.8, 4) is 11.5 Å². The maximum absolute atomic E-state index is 11.9. The molecule has 0 aliphatic heterocycles. The minimum Gasteiger partial charge on any atom is -0.457 e. The molecule has 0 saturated heterocycles. The quantitative estimate of drug-likeness (QED) is 0.859. The summed E-state index contributed by atoms with van der Waals surface area (Å²) in [5.74, 6) is 1.35. The van der Waals surface area contributed by atoms with Crippen LogP contribution in [0.3, 0.4) is 0 Å². The van der Waals surface area contributed by atoms with Gasteiger partial charge in [0, 0.05) is 11.8 Å². The van der Waals surface area contributed by atoms with E-state index in [1.54, 1.807) is 48.5 Å². The Labute approximate surface area is 119 Å². The summed E-state index contributed by atoms with van der Waals surface area (Å²) in [6.45, 7) is 1.84. The van der Waals surface area contributed by atoms with Crippen molar-refractivity contribution in [3.05, 3.63) is 48.5 Å². The number of anilines is 1.